The number of amides is 1. The molecule has 1 amide bonds. The van der Waals surface area contributed by atoms with Gasteiger partial charge in [0.15, 0.2) is 0 Å². The van der Waals surface area contributed by atoms with Crippen molar-refractivity contribution in [3.8, 4) is 0 Å². The van der Waals surface area contributed by atoms with E-state index < -0.39 is 27.4 Å². The van der Waals surface area contributed by atoms with Crippen molar-refractivity contribution in [2.24, 2.45) is 0 Å². The van der Waals surface area contributed by atoms with E-state index in [1.165, 1.54) is 36.4 Å². The number of non-ortho nitro benzene ring substituents is 1. The SMILES string of the molecule is Cc1ccc([C@H](C)NC(=O)CN(c2ccc([N+](=O)[O-])cc2)S(=O)(=O)c2ccccc2)c(C)c1. The predicted octanol–water partition coefficient (Wildman–Crippen LogP) is 4.28. The zero-order chi connectivity index (χ0) is 24.2. The summed E-state index contributed by atoms with van der Waals surface area (Å²) in [6.45, 7) is 5.28. The highest BCUT2D eigenvalue weighted by Crippen LogP contribution is 2.26. The minimum atomic E-state index is -4.09. The van der Waals surface area contributed by atoms with Crippen molar-refractivity contribution in [3.05, 3.63) is 99.6 Å². The van der Waals surface area contributed by atoms with Crippen LogP contribution in [0.1, 0.15) is 29.7 Å². The van der Waals surface area contributed by atoms with Gasteiger partial charge in [-0.25, -0.2) is 8.42 Å². The second kappa shape index (κ2) is 9.83. The van der Waals surface area contributed by atoms with Gasteiger partial charge in [-0.05, 0) is 56.2 Å². The van der Waals surface area contributed by atoms with Crippen molar-refractivity contribution in [1.82, 2.24) is 5.32 Å². The number of aryl methyl sites for hydroxylation is 2. The molecule has 1 atom stereocenters. The monoisotopic (exact) mass is 467 g/mol. The first-order valence-electron chi connectivity index (χ1n) is 10.3. The Labute approximate surface area is 193 Å². The molecule has 3 rings (SSSR count). The van der Waals surface area contributed by atoms with Gasteiger partial charge in [-0.2, -0.15) is 0 Å². The number of hydrogen-bond acceptors (Lipinski definition) is 5. The van der Waals surface area contributed by atoms with Crippen molar-refractivity contribution in [3.63, 3.8) is 0 Å². The lowest BCUT2D eigenvalue weighted by Gasteiger charge is -2.25. The van der Waals surface area contributed by atoms with Crippen LogP contribution in [0.3, 0.4) is 0 Å². The van der Waals surface area contributed by atoms with E-state index in [0.717, 1.165) is 21.0 Å². The number of nitrogens with zero attached hydrogens (tertiary/aromatic N) is 2. The number of hydrogen-bond donors (Lipinski definition) is 1. The molecule has 0 spiro atoms. The third-order valence-corrected chi connectivity index (χ3v) is 7.02. The zero-order valence-corrected chi connectivity index (χ0v) is 19.4. The molecule has 9 heteroatoms. The Hall–Kier alpha value is -3.72. The van der Waals surface area contributed by atoms with Gasteiger partial charge in [-0.1, -0.05) is 42.0 Å². The molecule has 0 saturated carbocycles. The summed E-state index contributed by atoms with van der Waals surface area (Å²) < 4.78 is 27.6. The van der Waals surface area contributed by atoms with E-state index in [9.17, 15) is 23.3 Å². The smallest absolute Gasteiger partial charge is 0.269 e. The molecule has 0 aliphatic carbocycles. The number of anilines is 1. The van der Waals surface area contributed by atoms with E-state index in [-0.39, 0.29) is 22.3 Å². The topological polar surface area (TPSA) is 110 Å². The van der Waals surface area contributed by atoms with Gasteiger partial charge >= 0.3 is 0 Å². The van der Waals surface area contributed by atoms with E-state index in [1.54, 1.807) is 18.2 Å². The summed E-state index contributed by atoms with van der Waals surface area (Å²) in [4.78, 5) is 23.4. The molecule has 3 aromatic carbocycles. The van der Waals surface area contributed by atoms with E-state index in [0.29, 0.717) is 0 Å². The fraction of sp³-hybridized carbons (Fsp3) is 0.208. The van der Waals surface area contributed by atoms with E-state index >= 15 is 0 Å². The van der Waals surface area contributed by atoms with Crippen LogP contribution >= 0.6 is 0 Å². The lowest BCUT2D eigenvalue weighted by atomic mass is 10.0. The van der Waals surface area contributed by atoms with Crippen LogP contribution in [0, 0.1) is 24.0 Å². The Morgan fingerprint density at radius 1 is 1.03 bits per heavy atom. The zero-order valence-electron chi connectivity index (χ0n) is 18.6. The predicted molar refractivity (Wildman–Crippen MR) is 127 cm³/mol. The quantitative estimate of drug-likeness (QED) is 0.393. The molecule has 0 heterocycles. The van der Waals surface area contributed by atoms with Gasteiger partial charge in [-0.3, -0.25) is 19.2 Å². The van der Waals surface area contributed by atoms with Crippen LogP contribution in [0.5, 0.6) is 0 Å². The molecule has 1 N–H and O–H groups in total. The number of sulfonamides is 1. The molecule has 0 unspecified atom stereocenters. The number of benzene rings is 3. The number of carbonyl (C=O) groups excluding carboxylic acids is 1. The van der Waals surface area contributed by atoms with Gasteiger partial charge in [0.05, 0.1) is 21.5 Å². The summed E-state index contributed by atoms with van der Waals surface area (Å²) in [7, 11) is -4.09. The third kappa shape index (κ3) is 5.56. The fourth-order valence-corrected chi connectivity index (χ4v) is 5.02. The number of nitro benzene ring substituents is 1. The maximum absolute atomic E-state index is 13.3. The van der Waals surface area contributed by atoms with Gasteiger partial charge in [0.1, 0.15) is 6.54 Å². The molecular formula is C24H25N3O5S. The molecule has 33 heavy (non-hydrogen) atoms. The molecule has 8 nitrogen and oxygen atoms in total. The van der Waals surface area contributed by atoms with Crippen molar-refractivity contribution in [2.75, 3.05) is 10.8 Å². The first-order chi connectivity index (χ1) is 15.6. The molecule has 3 aromatic rings. The van der Waals surface area contributed by atoms with Gasteiger partial charge in [0, 0.05) is 12.1 Å². The van der Waals surface area contributed by atoms with Crippen molar-refractivity contribution in [1.29, 1.82) is 0 Å². The molecule has 0 aliphatic heterocycles. The van der Waals surface area contributed by atoms with Crippen LogP contribution in [0.25, 0.3) is 0 Å². The Balaban J connectivity index is 1.90. The summed E-state index contributed by atoms with van der Waals surface area (Å²) in [6, 6.07) is 18.3. The highest BCUT2D eigenvalue weighted by molar-refractivity contribution is 7.92. The van der Waals surface area contributed by atoms with E-state index in [1.807, 2.05) is 39.0 Å². The van der Waals surface area contributed by atoms with Crippen LogP contribution in [0.4, 0.5) is 11.4 Å². The average Bonchev–Trinajstić information content (AvgIpc) is 2.78. The maximum Gasteiger partial charge on any atom is 0.269 e. The van der Waals surface area contributed by atoms with Crippen molar-refractivity contribution >= 4 is 27.3 Å². The highest BCUT2D eigenvalue weighted by atomic mass is 32.2. The third-order valence-electron chi connectivity index (χ3n) is 5.24. The molecule has 0 aliphatic rings. The van der Waals surface area contributed by atoms with Gasteiger partial charge in [0.2, 0.25) is 5.91 Å². The van der Waals surface area contributed by atoms with Crippen LogP contribution in [-0.4, -0.2) is 25.8 Å². The van der Waals surface area contributed by atoms with Crippen molar-refractivity contribution < 1.29 is 18.1 Å². The number of carbonyl (C=O) groups is 1. The number of nitro groups is 1. The molecule has 172 valence electrons. The van der Waals surface area contributed by atoms with Gasteiger partial charge in [-0.15, -0.1) is 0 Å². The number of nitrogens with one attached hydrogen (secondary N) is 1. The summed E-state index contributed by atoms with van der Waals surface area (Å²) in [5.74, 6) is -0.500. The maximum atomic E-state index is 13.3. The minimum absolute atomic E-state index is 0.0126. The molecule has 0 aromatic heterocycles. The van der Waals surface area contributed by atoms with Crippen LogP contribution < -0.4 is 9.62 Å². The van der Waals surface area contributed by atoms with Crippen molar-refractivity contribution in [2.45, 2.75) is 31.7 Å². The van der Waals surface area contributed by atoms with Crippen LogP contribution in [0.2, 0.25) is 0 Å². The van der Waals surface area contributed by atoms with Gasteiger partial charge in [0.25, 0.3) is 15.7 Å². The summed E-state index contributed by atoms with van der Waals surface area (Å²) in [5.41, 5.74) is 3.03. The van der Waals surface area contributed by atoms with Crippen LogP contribution in [0.15, 0.2) is 77.7 Å². The molecule has 0 fully saturated rings. The first-order valence-corrected chi connectivity index (χ1v) is 11.7. The molecular weight excluding hydrogens is 442 g/mol. The fourth-order valence-electron chi connectivity index (χ4n) is 3.58. The van der Waals surface area contributed by atoms with E-state index in [4.69, 9.17) is 0 Å². The molecule has 0 bridgehead atoms. The summed E-state index contributed by atoms with van der Waals surface area (Å²) in [5, 5.41) is 13.8. The van der Waals surface area contributed by atoms with E-state index in [2.05, 4.69) is 5.32 Å². The second-order valence-corrected chi connectivity index (χ2v) is 9.61. The van der Waals surface area contributed by atoms with Gasteiger partial charge < -0.3 is 5.32 Å². The Kier molecular flexibility index (Phi) is 7.13. The Morgan fingerprint density at radius 3 is 2.24 bits per heavy atom. The highest BCUT2D eigenvalue weighted by Gasteiger charge is 2.28. The Morgan fingerprint density at radius 2 is 1.67 bits per heavy atom. The second-order valence-electron chi connectivity index (χ2n) is 7.75. The lowest BCUT2D eigenvalue weighted by Crippen LogP contribution is -2.41. The number of rotatable bonds is 8. The molecule has 0 radical (unpaired) electrons. The average molecular weight is 468 g/mol. The summed E-state index contributed by atoms with van der Waals surface area (Å²) in [6.07, 6.45) is 0. The largest absolute Gasteiger partial charge is 0.348 e. The van der Waals surface area contributed by atoms with Crippen LogP contribution in [-0.2, 0) is 14.8 Å². The first kappa shape index (κ1) is 23.9. The Bertz CT molecular complexity index is 1260. The lowest BCUT2D eigenvalue weighted by molar-refractivity contribution is -0.384. The summed E-state index contributed by atoms with van der Waals surface area (Å²) >= 11 is 0. The minimum Gasteiger partial charge on any atom is -0.348 e. The standard InChI is InChI=1S/C24H25N3O5S/c1-17-9-14-23(18(2)15-17)19(3)25-24(28)16-26(20-10-12-21(13-11-20)27(29)30)33(31,32)22-7-5-4-6-8-22/h4-15,19H,16H2,1-3H3,(H,25,28)/t19-/m0/s1. The molecule has 0 saturated heterocycles. The normalized spacial score (nSPS) is 12.1.